The summed E-state index contributed by atoms with van der Waals surface area (Å²) in [5.41, 5.74) is 1.59. The number of Topliss-reactive ketones (excluding diaryl/α,β-unsaturated/α-hetero) is 1. The highest BCUT2D eigenvalue weighted by atomic mass is 35.5. The van der Waals surface area contributed by atoms with E-state index in [1.54, 1.807) is 30.3 Å². The van der Waals surface area contributed by atoms with Crippen LogP contribution in [0.3, 0.4) is 0 Å². The average Bonchev–Trinajstić information content (AvgIpc) is 2.54. The number of rotatable bonds is 6. The lowest BCUT2D eigenvalue weighted by Crippen LogP contribution is -2.15. The first-order valence-corrected chi connectivity index (χ1v) is 8.53. The third-order valence-electron chi connectivity index (χ3n) is 2.98. The van der Waals surface area contributed by atoms with Crippen LogP contribution in [-0.2, 0) is 9.53 Å². The number of hydrogen-bond acceptors (Lipinski definition) is 4. The third kappa shape index (κ3) is 5.57. The molecule has 0 amide bonds. The summed E-state index contributed by atoms with van der Waals surface area (Å²) in [7, 11) is 0. The molecule has 2 aromatic rings. The van der Waals surface area contributed by atoms with Crippen LogP contribution in [0.1, 0.15) is 15.9 Å². The maximum absolute atomic E-state index is 11.9. The second-order valence-corrected chi connectivity index (χ2v) is 6.67. The highest BCUT2D eigenvalue weighted by Gasteiger charge is 2.11. The number of ketones is 1. The Morgan fingerprint density at radius 3 is 2.48 bits per heavy atom. The van der Waals surface area contributed by atoms with Crippen molar-refractivity contribution in [3.8, 4) is 0 Å². The Balaban J connectivity index is 1.82. The summed E-state index contributed by atoms with van der Waals surface area (Å²) >= 11 is 13.1. The van der Waals surface area contributed by atoms with Gasteiger partial charge in [0.1, 0.15) is 0 Å². The molecule has 6 heteroatoms. The largest absolute Gasteiger partial charge is 0.457 e. The molecule has 0 aliphatic rings. The van der Waals surface area contributed by atoms with Crippen LogP contribution in [0.4, 0.5) is 0 Å². The van der Waals surface area contributed by atoms with Crippen molar-refractivity contribution < 1.29 is 14.3 Å². The molecule has 3 nitrogen and oxygen atoms in total. The van der Waals surface area contributed by atoms with E-state index in [2.05, 4.69) is 0 Å². The van der Waals surface area contributed by atoms with Gasteiger partial charge in [-0.2, -0.15) is 0 Å². The molecule has 0 unspecified atom stereocenters. The van der Waals surface area contributed by atoms with E-state index in [0.717, 1.165) is 5.56 Å². The highest BCUT2D eigenvalue weighted by Crippen LogP contribution is 2.29. The summed E-state index contributed by atoms with van der Waals surface area (Å²) in [6.07, 6.45) is 0. The number of aryl methyl sites for hydroxylation is 1. The first-order chi connectivity index (χ1) is 11.0. The van der Waals surface area contributed by atoms with Gasteiger partial charge in [0.15, 0.2) is 12.4 Å². The van der Waals surface area contributed by atoms with Crippen LogP contribution >= 0.6 is 35.0 Å². The maximum atomic E-state index is 11.9. The van der Waals surface area contributed by atoms with E-state index in [1.165, 1.54) is 11.8 Å². The third-order valence-corrected chi connectivity index (χ3v) is 4.68. The summed E-state index contributed by atoms with van der Waals surface area (Å²) in [5.74, 6) is -0.656. The number of halogens is 2. The van der Waals surface area contributed by atoms with Crippen molar-refractivity contribution in [2.45, 2.75) is 11.8 Å². The minimum atomic E-state index is -0.480. The average molecular weight is 369 g/mol. The van der Waals surface area contributed by atoms with Gasteiger partial charge in [-0.3, -0.25) is 9.59 Å². The van der Waals surface area contributed by atoms with E-state index in [-0.39, 0.29) is 18.1 Å². The summed E-state index contributed by atoms with van der Waals surface area (Å²) < 4.78 is 4.99. The number of thioether (sulfide) groups is 1. The first kappa shape index (κ1) is 17.9. The minimum absolute atomic E-state index is 0.0568. The van der Waals surface area contributed by atoms with Gasteiger partial charge < -0.3 is 4.74 Å². The fourth-order valence-corrected chi connectivity index (χ4v) is 3.03. The maximum Gasteiger partial charge on any atom is 0.316 e. The summed E-state index contributed by atoms with van der Waals surface area (Å²) in [4.78, 5) is 24.3. The van der Waals surface area contributed by atoms with Crippen LogP contribution in [0.25, 0.3) is 0 Å². The number of esters is 1. The molecule has 23 heavy (non-hydrogen) atoms. The van der Waals surface area contributed by atoms with E-state index in [1.807, 2.05) is 19.1 Å². The van der Waals surface area contributed by atoms with Gasteiger partial charge in [0.25, 0.3) is 0 Å². The van der Waals surface area contributed by atoms with Gasteiger partial charge in [-0.1, -0.05) is 53.0 Å². The minimum Gasteiger partial charge on any atom is -0.457 e. The van der Waals surface area contributed by atoms with Crippen molar-refractivity contribution in [1.29, 1.82) is 0 Å². The Hall–Kier alpha value is -1.49. The standard InChI is InChI=1S/C17H14Cl2O3S/c1-11-2-4-12(5-3-11)15(20)9-22-17(21)10-23-16-8-13(18)6-7-14(16)19/h2-8H,9-10H2,1H3. The lowest BCUT2D eigenvalue weighted by Gasteiger charge is -2.06. The SMILES string of the molecule is Cc1ccc(C(=O)COC(=O)CSc2cc(Cl)ccc2Cl)cc1. The summed E-state index contributed by atoms with van der Waals surface area (Å²) in [5, 5.41) is 1.06. The highest BCUT2D eigenvalue weighted by molar-refractivity contribution is 8.00. The van der Waals surface area contributed by atoms with Crippen LogP contribution in [0.5, 0.6) is 0 Å². The Bertz CT molecular complexity index is 714. The van der Waals surface area contributed by atoms with E-state index in [4.69, 9.17) is 27.9 Å². The van der Waals surface area contributed by atoms with E-state index >= 15 is 0 Å². The Morgan fingerprint density at radius 2 is 1.78 bits per heavy atom. The van der Waals surface area contributed by atoms with Gasteiger partial charge in [0.05, 0.1) is 10.8 Å². The number of benzene rings is 2. The zero-order valence-electron chi connectivity index (χ0n) is 12.3. The molecule has 0 aliphatic heterocycles. The van der Waals surface area contributed by atoms with Gasteiger partial charge in [0.2, 0.25) is 0 Å². The molecule has 120 valence electrons. The molecule has 0 bridgehead atoms. The lowest BCUT2D eigenvalue weighted by atomic mass is 10.1. The van der Waals surface area contributed by atoms with Crippen molar-refractivity contribution in [2.75, 3.05) is 12.4 Å². The molecule has 0 fully saturated rings. The number of carbonyl (C=O) groups excluding carboxylic acids is 2. The molecular formula is C17H14Cl2O3S. The molecular weight excluding hydrogens is 355 g/mol. The second kappa shape index (κ2) is 8.39. The summed E-state index contributed by atoms with van der Waals surface area (Å²) in [6, 6.07) is 12.1. The van der Waals surface area contributed by atoms with E-state index < -0.39 is 5.97 Å². The van der Waals surface area contributed by atoms with Crippen molar-refractivity contribution >= 4 is 46.7 Å². The van der Waals surface area contributed by atoms with Crippen molar-refractivity contribution in [3.05, 3.63) is 63.6 Å². The normalized spacial score (nSPS) is 10.4. The molecule has 0 N–H and O–H groups in total. The van der Waals surface area contributed by atoms with Crippen molar-refractivity contribution in [2.24, 2.45) is 0 Å². The van der Waals surface area contributed by atoms with Gasteiger partial charge in [-0.25, -0.2) is 0 Å². The van der Waals surface area contributed by atoms with Crippen LogP contribution in [0.15, 0.2) is 47.4 Å². The molecule has 2 aromatic carbocycles. The lowest BCUT2D eigenvalue weighted by molar-refractivity contribution is -0.139. The second-order valence-electron chi connectivity index (χ2n) is 4.81. The van der Waals surface area contributed by atoms with Crippen molar-refractivity contribution in [3.63, 3.8) is 0 Å². The van der Waals surface area contributed by atoms with Gasteiger partial charge >= 0.3 is 5.97 Å². The molecule has 0 heterocycles. The Kier molecular flexibility index (Phi) is 6.51. The summed E-state index contributed by atoms with van der Waals surface area (Å²) in [6.45, 7) is 1.66. The predicted octanol–water partition coefficient (Wildman–Crippen LogP) is 4.82. The fourth-order valence-electron chi connectivity index (χ4n) is 1.73. The zero-order chi connectivity index (χ0) is 16.8. The fraction of sp³-hybridized carbons (Fsp3) is 0.176. The molecule has 0 aliphatic carbocycles. The molecule has 0 saturated heterocycles. The van der Waals surface area contributed by atoms with Crippen molar-refractivity contribution in [1.82, 2.24) is 0 Å². The molecule has 0 atom stereocenters. The van der Waals surface area contributed by atoms with Gasteiger partial charge in [0, 0.05) is 15.5 Å². The molecule has 0 saturated carbocycles. The topological polar surface area (TPSA) is 43.4 Å². The predicted molar refractivity (Wildman–Crippen MR) is 93.7 cm³/mol. The monoisotopic (exact) mass is 368 g/mol. The molecule has 0 spiro atoms. The molecule has 0 aromatic heterocycles. The van der Waals surface area contributed by atoms with Crippen LogP contribution < -0.4 is 0 Å². The Labute approximate surface area is 148 Å². The van der Waals surface area contributed by atoms with Gasteiger partial charge in [-0.15, -0.1) is 11.8 Å². The number of hydrogen-bond donors (Lipinski definition) is 0. The first-order valence-electron chi connectivity index (χ1n) is 6.79. The van der Waals surface area contributed by atoms with Crippen LogP contribution in [-0.4, -0.2) is 24.1 Å². The Morgan fingerprint density at radius 1 is 1.09 bits per heavy atom. The van der Waals surface area contributed by atoms with E-state index in [9.17, 15) is 9.59 Å². The molecule has 0 radical (unpaired) electrons. The smallest absolute Gasteiger partial charge is 0.316 e. The van der Waals surface area contributed by atoms with E-state index in [0.29, 0.717) is 20.5 Å². The number of ether oxygens (including phenoxy) is 1. The van der Waals surface area contributed by atoms with Crippen LogP contribution in [0.2, 0.25) is 10.0 Å². The van der Waals surface area contributed by atoms with Crippen LogP contribution in [0, 0.1) is 6.92 Å². The number of carbonyl (C=O) groups is 2. The van der Waals surface area contributed by atoms with Gasteiger partial charge in [-0.05, 0) is 25.1 Å². The quantitative estimate of drug-likeness (QED) is 0.416. The molecule has 2 rings (SSSR count). The zero-order valence-corrected chi connectivity index (χ0v) is 14.7.